The standard InChI is InChI=1S/C14H15ClN2O2S/c1-20(18,19)11-6-7-14(13(16)8-11)17-9-10-4-2-3-5-12(10)15/h2-8,17H,9,16H2,1H3. The van der Waals surface area contributed by atoms with Crippen LogP contribution in [0.5, 0.6) is 0 Å². The molecule has 0 fully saturated rings. The lowest BCUT2D eigenvalue weighted by Crippen LogP contribution is -2.05. The van der Waals surface area contributed by atoms with E-state index < -0.39 is 9.84 Å². The molecule has 0 radical (unpaired) electrons. The Kier molecular flexibility index (Phi) is 4.20. The largest absolute Gasteiger partial charge is 0.397 e. The molecule has 2 aromatic carbocycles. The van der Waals surface area contributed by atoms with Crippen LogP contribution in [0.15, 0.2) is 47.4 Å². The van der Waals surface area contributed by atoms with Crippen LogP contribution >= 0.6 is 11.6 Å². The minimum absolute atomic E-state index is 0.207. The summed E-state index contributed by atoms with van der Waals surface area (Å²) in [4.78, 5) is 0.207. The molecule has 2 rings (SSSR count). The molecule has 0 aliphatic rings. The second-order valence-corrected chi connectivity index (χ2v) is 6.89. The maximum absolute atomic E-state index is 11.4. The first-order chi connectivity index (χ1) is 9.38. The number of hydrogen-bond acceptors (Lipinski definition) is 4. The molecule has 0 atom stereocenters. The predicted octanol–water partition coefficient (Wildman–Crippen LogP) is 2.94. The molecule has 0 saturated heterocycles. The Bertz CT molecular complexity index is 730. The van der Waals surface area contributed by atoms with Gasteiger partial charge in [-0.05, 0) is 29.8 Å². The zero-order valence-electron chi connectivity index (χ0n) is 10.9. The molecule has 2 aromatic rings. The molecule has 0 heterocycles. The quantitative estimate of drug-likeness (QED) is 0.852. The first kappa shape index (κ1) is 14.7. The molecule has 0 spiro atoms. The van der Waals surface area contributed by atoms with Gasteiger partial charge in [0.15, 0.2) is 9.84 Å². The summed E-state index contributed by atoms with van der Waals surface area (Å²) in [6, 6.07) is 12.1. The van der Waals surface area contributed by atoms with Crippen molar-refractivity contribution in [3.8, 4) is 0 Å². The molecule has 0 bridgehead atoms. The van der Waals surface area contributed by atoms with Gasteiger partial charge in [0.2, 0.25) is 0 Å². The topological polar surface area (TPSA) is 72.2 Å². The van der Waals surface area contributed by atoms with Gasteiger partial charge in [0, 0.05) is 17.8 Å². The van der Waals surface area contributed by atoms with Gasteiger partial charge in [0.25, 0.3) is 0 Å². The highest BCUT2D eigenvalue weighted by Crippen LogP contribution is 2.24. The fourth-order valence-electron chi connectivity index (χ4n) is 1.76. The van der Waals surface area contributed by atoms with Crippen molar-refractivity contribution in [3.05, 3.63) is 53.1 Å². The second kappa shape index (κ2) is 5.73. The summed E-state index contributed by atoms with van der Waals surface area (Å²) >= 11 is 6.06. The summed E-state index contributed by atoms with van der Waals surface area (Å²) in [7, 11) is -3.24. The van der Waals surface area contributed by atoms with Gasteiger partial charge in [-0.3, -0.25) is 0 Å². The number of nitrogens with two attached hydrogens (primary N) is 1. The van der Waals surface area contributed by atoms with Gasteiger partial charge in [-0.1, -0.05) is 29.8 Å². The Morgan fingerprint density at radius 2 is 1.90 bits per heavy atom. The monoisotopic (exact) mass is 310 g/mol. The number of nitrogen functional groups attached to an aromatic ring is 1. The molecule has 4 nitrogen and oxygen atoms in total. The Labute approximate surface area is 123 Å². The van der Waals surface area contributed by atoms with Crippen LogP contribution in [0.2, 0.25) is 5.02 Å². The molecular formula is C14H15ClN2O2S. The second-order valence-electron chi connectivity index (χ2n) is 4.47. The van der Waals surface area contributed by atoms with Crippen molar-refractivity contribution in [2.75, 3.05) is 17.3 Å². The maximum Gasteiger partial charge on any atom is 0.175 e. The molecular weight excluding hydrogens is 296 g/mol. The van der Waals surface area contributed by atoms with Crippen molar-refractivity contribution in [1.29, 1.82) is 0 Å². The number of nitrogens with one attached hydrogen (secondary N) is 1. The summed E-state index contributed by atoms with van der Waals surface area (Å²) in [5.74, 6) is 0. The molecule has 6 heteroatoms. The van der Waals surface area contributed by atoms with Crippen molar-refractivity contribution in [3.63, 3.8) is 0 Å². The first-order valence-corrected chi connectivity index (χ1v) is 8.22. The lowest BCUT2D eigenvalue weighted by molar-refractivity contribution is 0.602. The van der Waals surface area contributed by atoms with Gasteiger partial charge < -0.3 is 11.1 Å². The fourth-order valence-corrected chi connectivity index (χ4v) is 2.62. The van der Waals surface area contributed by atoms with E-state index in [-0.39, 0.29) is 4.90 Å². The first-order valence-electron chi connectivity index (χ1n) is 5.95. The van der Waals surface area contributed by atoms with Gasteiger partial charge in [0.1, 0.15) is 0 Å². The average Bonchev–Trinajstić information content (AvgIpc) is 2.38. The lowest BCUT2D eigenvalue weighted by atomic mass is 10.2. The van der Waals surface area contributed by atoms with Crippen LogP contribution in [-0.4, -0.2) is 14.7 Å². The number of sulfone groups is 1. The smallest absolute Gasteiger partial charge is 0.175 e. The number of anilines is 2. The van der Waals surface area contributed by atoms with Gasteiger partial charge in [-0.15, -0.1) is 0 Å². The number of benzene rings is 2. The van der Waals surface area contributed by atoms with Crippen molar-refractivity contribution < 1.29 is 8.42 Å². The third-order valence-electron chi connectivity index (χ3n) is 2.88. The minimum Gasteiger partial charge on any atom is -0.397 e. The lowest BCUT2D eigenvalue weighted by Gasteiger charge is -2.11. The Balaban J connectivity index is 2.17. The predicted molar refractivity (Wildman–Crippen MR) is 82.7 cm³/mol. The van der Waals surface area contributed by atoms with Gasteiger partial charge in [0.05, 0.1) is 16.3 Å². The number of halogens is 1. The average molecular weight is 311 g/mol. The molecule has 0 aromatic heterocycles. The molecule has 0 aliphatic carbocycles. The summed E-state index contributed by atoms with van der Waals surface area (Å²) in [6.45, 7) is 0.516. The normalized spacial score (nSPS) is 11.3. The number of hydrogen-bond donors (Lipinski definition) is 2. The zero-order valence-corrected chi connectivity index (χ0v) is 12.5. The summed E-state index contributed by atoms with van der Waals surface area (Å²) < 4.78 is 22.9. The SMILES string of the molecule is CS(=O)(=O)c1ccc(NCc2ccccc2Cl)c(N)c1. The summed E-state index contributed by atoms with van der Waals surface area (Å²) in [5.41, 5.74) is 7.87. The summed E-state index contributed by atoms with van der Waals surface area (Å²) in [6.07, 6.45) is 1.15. The van der Waals surface area contributed by atoms with E-state index in [0.29, 0.717) is 22.9 Å². The van der Waals surface area contributed by atoms with E-state index in [1.165, 1.54) is 12.1 Å². The zero-order chi connectivity index (χ0) is 14.8. The van der Waals surface area contributed by atoms with E-state index in [4.69, 9.17) is 17.3 Å². The summed E-state index contributed by atoms with van der Waals surface area (Å²) in [5, 5.41) is 3.82. The van der Waals surface area contributed by atoms with Gasteiger partial charge in [-0.2, -0.15) is 0 Å². The maximum atomic E-state index is 11.4. The van der Waals surface area contributed by atoms with Crippen molar-refractivity contribution in [2.45, 2.75) is 11.4 Å². The van der Waals surface area contributed by atoms with Gasteiger partial charge >= 0.3 is 0 Å². The molecule has 106 valence electrons. The molecule has 3 N–H and O–H groups in total. The van der Waals surface area contributed by atoms with Crippen molar-refractivity contribution in [2.24, 2.45) is 0 Å². The third kappa shape index (κ3) is 3.43. The number of rotatable bonds is 4. The van der Waals surface area contributed by atoms with Crippen LogP contribution in [0.3, 0.4) is 0 Å². The van der Waals surface area contributed by atoms with Crippen LogP contribution < -0.4 is 11.1 Å². The Hall–Kier alpha value is -1.72. The molecule has 20 heavy (non-hydrogen) atoms. The fraction of sp³-hybridized carbons (Fsp3) is 0.143. The minimum atomic E-state index is -3.24. The van der Waals surface area contributed by atoms with Crippen LogP contribution in [0, 0.1) is 0 Å². The Morgan fingerprint density at radius 3 is 2.50 bits per heavy atom. The van der Waals surface area contributed by atoms with Crippen LogP contribution in [-0.2, 0) is 16.4 Å². The van der Waals surface area contributed by atoms with Gasteiger partial charge in [-0.25, -0.2) is 8.42 Å². The van der Waals surface area contributed by atoms with E-state index in [1.54, 1.807) is 6.07 Å². The highest BCUT2D eigenvalue weighted by atomic mass is 35.5. The van der Waals surface area contributed by atoms with E-state index in [2.05, 4.69) is 5.32 Å². The molecule has 0 unspecified atom stereocenters. The van der Waals surface area contributed by atoms with E-state index in [9.17, 15) is 8.42 Å². The highest BCUT2D eigenvalue weighted by Gasteiger charge is 2.09. The molecule has 0 amide bonds. The van der Waals surface area contributed by atoms with Crippen LogP contribution in [0.1, 0.15) is 5.56 Å². The van der Waals surface area contributed by atoms with Crippen molar-refractivity contribution >= 4 is 32.8 Å². The molecule has 0 saturated carbocycles. The van der Waals surface area contributed by atoms with E-state index in [0.717, 1.165) is 11.8 Å². The molecule has 0 aliphatic heterocycles. The Morgan fingerprint density at radius 1 is 1.20 bits per heavy atom. The van der Waals surface area contributed by atoms with Crippen molar-refractivity contribution in [1.82, 2.24) is 0 Å². The van der Waals surface area contributed by atoms with Crippen LogP contribution in [0.4, 0.5) is 11.4 Å². The van der Waals surface area contributed by atoms with Crippen LogP contribution in [0.25, 0.3) is 0 Å². The third-order valence-corrected chi connectivity index (χ3v) is 4.36. The van der Waals surface area contributed by atoms with E-state index >= 15 is 0 Å². The van der Waals surface area contributed by atoms with E-state index in [1.807, 2.05) is 24.3 Å². The highest BCUT2D eigenvalue weighted by molar-refractivity contribution is 7.90.